The largest absolute Gasteiger partial charge is 0.507 e. The normalized spacial score (nSPS) is 9.77. The highest BCUT2D eigenvalue weighted by Gasteiger charge is 2.12. The zero-order valence-electron chi connectivity index (χ0n) is 13.4. The summed E-state index contributed by atoms with van der Waals surface area (Å²) in [7, 11) is 0. The Morgan fingerprint density at radius 3 is 1.88 bits per heavy atom. The smallest absolute Gasteiger partial charge is 0.226 e. The van der Waals surface area contributed by atoms with E-state index in [1.54, 1.807) is 83.3 Å². The predicted octanol–water partition coefficient (Wildman–Crippen LogP) is 5.20. The number of ketones is 1. The Morgan fingerprint density at radius 2 is 1.35 bits per heavy atom. The van der Waals surface area contributed by atoms with Gasteiger partial charge in [-0.3, -0.25) is 9.59 Å². The summed E-state index contributed by atoms with van der Waals surface area (Å²) in [6.45, 7) is 0. The van der Waals surface area contributed by atoms with Crippen molar-refractivity contribution in [2.75, 3.05) is 0 Å². The number of phenolic OH excluding ortho intramolecular Hbond substituents is 2. The Balaban J connectivity index is 0.000000209. The second-order valence-corrected chi connectivity index (χ2v) is 7.37. The lowest BCUT2D eigenvalue weighted by Crippen LogP contribution is -2.01. The predicted molar refractivity (Wildman–Crippen MR) is 117 cm³/mol. The average molecular weight is 572 g/mol. The van der Waals surface area contributed by atoms with Crippen LogP contribution in [0.2, 0.25) is 0 Å². The first-order valence-corrected chi connectivity index (χ1v) is 9.62. The van der Waals surface area contributed by atoms with Crippen LogP contribution in [0.25, 0.3) is 0 Å². The Morgan fingerprint density at radius 1 is 0.731 bits per heavy atom. The van der Waals surface area contributed by atoms with E-state index in [-0.39, 0.29) is 21.1 Å². The molecule has 26 heavy (non-hydrogen) atoms. The quantitative estimate of drug-likeness (QED) is 0.258. The van der Waals surface area contributed by atoms with Crippen LogP contribution >= 0.6 is 45.2 Å². The van der Waals surface area contributed by atoms with Gasteiger partial charge in [0, 0.05) is 31.7 Å². The van der Waals surface area contributed by atoms with Crippen LogP contribution in [0.1, 0.15) is 26.3 Å². The van der Waals surface area contributed by atoms with Gasteiger partial charge in [-0.05, 0) is 52.9 Å². The summed E-state index contributed by atoms with van der Waals surface area (Å²) in [6, 6.07) is 20.4. The Hall–Kier alpha value is -1.94. The minimum atomic E-state index is -0.158. The molecule has 0 amide bonds. The maximum atomic E-state index is 12.0. The lowest BCUT2D eigenvalue weighted by Gasteiger charge is -2.04. The fourth-order valence-corrected chi connectivity index (χ4v) is 3.01. The number of hydrogen-bond acceptors (Lipinski definition) is 4. The summed E-state index contributed by atoms with van der Waals surface area (Å²) in [5, 5.41) is 18.8. The lowest BCUT2D eigenvalue weighted by atomic mass is 10.0. The molecule has 3 rings (SSSR count). The van der Waals surface area contributed by atoms with Crippen molar-refractivity contribution in [1.82, 2.24) is 0 Å². The van der Waals surface area contributed by atoms with Gasteiger partial charge in [-0.15, -0.1) is 0 Å². The number of benzene rings is 3. The number of carbonyl (C=O) groups is 2. The van der Waals surface area contributed by atoms with E-state index in [1.165, 1.54) is 6.07 Å². The van der Waals surface area contributed by atoms with Gasteiger partial charge in [-0.1, -0.05) is 42.5 Å². The third-order valence-electron chi connectivity index (χ3n) is 3.36. The average Bonchev–Trinajstić information content (AvgIpc) is 2.63. The van der Waals surface area contributed by atoms with Crippen molar-refractivity contribution < 1.29 is 19.8 Å². The molecule has 132 valence electrons. The summed E-state index contributed by atoms with van der Waals surface area (Å²) in [5.74, 6) is -0.0860. The first-order valence-electron chi connectivity index (χ1n) is 7.46. The van der Waals surface area contributed by atoms with Gasteiger partial charge in [0.05, 0.1) is 11.1 Å². The second kappa shape index (κ2) is 9.67. The number of rotatable bonds is 3. The molecule has 4 nitrogen and oxygen atoms in total. The molecule has 0 bridgehead atoms. The number of aromatic hydroxyl groups is 2. The van der Waals surface area contributed by atoms with E-state index >= 15 is 0 Å². The van der Waals surface area contributed by atoms with Gasteiger partial charge in [0.2, 0.25) is 3.79 Å². The molecule has 0 fully saturated rings. The van der Waals surface area contributed by atoms with Gasteiger partial charge in [-0.2, -0.15) is 0 Å². The molecular formula is C20H14I2O4. The molecule has 0 saturated carbocycles. The second-order valence-electron chi connectivity index (χ2n) is 5.15. The van der Waals surface area contributed by atoms with E-state index in [1.807, 2.05) is 6.07 Å². The molecule has 6 heteroatoms. The molecule has 0 aliphatic rings. The van der Waals surface area contributed by atoms with Crippen LogP contribution in [-0.2, 0) is 0 Å². The minimum absolute atomic E-state index is 0.0285. The Bertz CT molecular complexity index is 924. The van der Waals surface area contributed by atoms with Crippen LogP contribution in [0.3, 0.4) is 0 Å². The molecular weight excluding hydrogens is 558 g/mol. The molecule has 0 radical (unpaired) electrons. The number of carbonyl (C=O) groups excluding carboxylic acids is 2. The topological polar surface area (TPSA) is 74.6 Å². The maximum Gasteiger partial charge on any atom is 0.226 e. The fourth-order valence-electron chi connectivity index (χ4n) is 2.08. The highest BCUT2D eigenvalue weighted by Crippen LogP contribution is 2.22. The SMILES string of the molecule is O=C(I)c1ccccc1O.O=C(c1ccccc1)c1ccc(I)cc1O. The van der Waals surface area contributed by atoms with Crippen molar-refractivity contribution in [3.05, 3.63) is 93.1 Å². The molecule has 0 spiro atoms. The van der Waals surface area contributed by atoms with Gasteiger partial charge >= 0.3 is 0 Å². The molecule has 0 aromatic heterocycles. The van der Waals surface area contributed by atoms with Crippen LogP contribution in [0.5, 0.6) is 11.5 Å². The monoisotopic (exact) mass is 572 g/mol. The van der Waals surface area contributed by atoms with Crippen molar-refractivity contribution >= 4 is 54.8 Å². The summed E-state index contributed by atoms with van der Waals surface area (Å²) in [5.41, 5.74) is 1.29. The summed E-state index contributed by atoms with van der Waals surface area (Å²) in [6.07, 6.45) is 0. The number of halogens is 2. The van der Waals surface area contributed by atoms with Crippen molar-refractivity contribution in [3.63, 3.8) is 0 Å². The van der Waals surface area contributed by atoms with Gasteiger partial charge in [-0.25, -0.2) is 0 Å². The number of phenols is 2. The molecule has 0 aliphatic heterocycles. The Labute approximate surface area is 178 Å². The van der Waals surface area contributed by atoms with Gasteiger partial charge in [0.15, 0.2) is 5.78 Å². The molecule has 3 aromatic carbocycles. The number of para-hydroxylation sites is 1. The molecule has 0 aliphatic carbocycles. The van der Waals surface area contributed by atoms with E-state index in [9.17, 15) is 14.7 Å². The van der Waals surface area contributed by atoms with Crippen molar-refractivity contribution in [3.8, 4) is 11.5 Å². The summed E-state index contributed by atoms with van der Waals surface area (Å²) in [4.78, 5) is 22.7. The molecule has 0 atom stereocenters. The van der Waals surface area contributed by atoms with E-state index in [0.29, 0.717) is 16.7 Å². The Kier molecular flexibility index (Phi) is 7.58. The first kappa shape index (κ1) is 20.4. The van der Waals surface area contributed by atoms with Crippen molar-refractivity contribution in [2.45, 2.75) is 0 Å². The molecule has 0 heterocycles. The molecule has 0 saturated heterocycles. The maximum absolute atomic E-state index is 12.0. The lowest BCUT2D eigenvalue weighted by molar-refractivity contribution is 0.103. The van der Waals surface area contributed by atoms with Gasteiger partial charge in [0.1, 0.15) is 11.5 Å². The van der Waals surface area contributed by atoms with Crippen molar-refractivity contribution in [2.24, 2.45) is 0 Å². The van der Waals surface area contributed by atoms with Crippen LogP contribution < -0.4 is 0 Å². The highest BCUT2D eigenvalue weighted by molar-refractivity contribution is 14.1. The molecule has 0 unspecified atom stereocenters. The molecule has 3 aromatic rings. The zero-order chi connectivity index (χ0) is 19.1. The van der Waals surface area contributed by atoms with Crippen LogP contribution in [-0.4, -0.2) is 19.8 Å². The summed E-state index contributed by atoms with van der Waals surface area (Å²) < 4.78 is 0.760. The van der Waals surface area contributed by atoms with Crippen LogP contribution in [0.15, 0.2) is 72.8 Å². The standard InChI is InChI=1S/C13H9IO2.C7H5IO2/c14-10-6-7-11(12(15)8-10)13(16)9-4-2-1-3-5-9;8-7(10)5-3-1-2-4-6(5)9/h1-8,15H;1-4,9H. The fraction of sp³-hybridized carbons (Fsp3) is 0. The highest BCUT2D eigenvalue weighted by atomic mass is 127. The van der Waals surface area contributed by atoms with E-state index in [2.05, 4.69) is 22.6 Å². The summed E-state index contributed by atoms with van der Waals surface area (Å²) >= 11 is 3.72. The van der Waals surface area contributed by atoms with Gasteiger partial charge in [0.25, 0.3) is 0 Å². The third kappa shape index (κ3) is 5.53. The minimum Gasteiger partial charge on any atom is -0.507 e. The van der Waals surface area contributed by atoms with Crippen molar-refractivity contribution in [1.29, 1.82) is 0 Å². The molecule has 2 N–H and O–H groups in total. The van der Waals surface area contributed by atoms with E-state index in [0.717, 1.165) is 3.57 Å². The van der Waals surface area contributed by atoms with Crippen LogP contribution in [0, 0.1) is 3.57 Å². The zero-order valence-corrected chi connectivity index (χ0v) is 17.7. The van der Waals surface area contributed by atoms with E-state index in [4.69, 9.17) is 5.11 Å². The number of hydrogen-bond donors (Lipinski definition) is 2. The third-order valence-corrected chi connectivity index (χ3v) is 4.61. The first-order chi connectivity index (χ1) is 12.4. The van der Waals surface area contributed by atoms with Crippen LogP contribution in [0.4, 0.5) is 0 Å². The van der Waals surface area contributed by atoms with E-state index < -0.39 is 0 Å². The van der Waals surface area contributed by atoms with Gasteiger partial charge < -0.3 is 10.2 Å².